The smallest absolute Gasteiger partial charge is 0.272 e. The summed E-state index contributed by atoms with van der Waals surface area (Å²) in [6.07, 6.45) is 1.000. The lowest BCUT2D eigenvalue weighted by molar-refractivity contribution is -0.869. The lowest BCUT2D eigenvalue weighted by Gasteiger charge is -2.33. The third-order valence-electron chi connectivity index (χ3n) is 3.36. The fourth-order valence-corrected chi connectivity index (χ4v) is 3.69. The zero-order valence-electron chi connectivity index (χ0n) is 13.7. The van der Waals surface area contributed by atoms with Crippen LogP contribution >= 0.6 is 31.1 Å². The molecule has 0 aromatic carbocycles. The average Bonchev–Trinajstić information content (AvgIpc) is 2.32. The monoisotopic (exact) mass is 348 g/mol. The summed E-state index contributed by atoms with van der Waals surface area (Å²) in [4.78, 5) is 0. The second kappa shape index (κ2) is 7.77. The third-order valence-corrected chi connectivity index (χ3v) is 6.88. The molecule has 20 heavy (non-hydrogen) atoms. The van der Waals surface area contributed by atoms with E-state index in [0.29, 0.717) is 19.1 Å². The maximum absolute atomic E-state index is 12.9. The Labute approximate surface area is 134 Å². The van der Waals surface area contributed by atoms with Crippen LogP contribution in [0.15, 0.2) is 0 Å². The van der Waals surface area contributed by atoms with Gasteiger partial charge in [0, 0.05) is 18.8 Å². The Morgan fingerprint density at radius 1 is 1.25 bits per heavy atom. The van der Waals surface area contributed by atoms with E-state index in [1.165, 1.54) is 7.11 Å². The van der Waals surface area contributed by atoms with Crippen molar-refractivity contribution in [1.82, 2.24) is 8.61 Å². The molecule has 0 rings (SSSR count). The Hall–Kier alpha value is 0.650. The quantitative estimate of drug-likeness (QED) is 0.363. The first-order valence-electron chi connectivity index (χ1n) is 6.63. The average molecular weight is 349 g/mol. The van der Waals surface area contributed by atoms with E-state index < -0.39 is 13.1 Å². The summed E-state index contributed by atoms with van der Waals surface area (Å²) in [5.41, 5.74) is -0.446. The van der Waals surface area contributed by atoms with E-state index >= 15 is 0 Å². The molecule has 0 radical (unpaired) electrons. The van der Waals surface area contributed by atoms with Crippen molar-refractivity contribution < 1.29 is 13.6 Å². The van der Waals surface area contributed by atoms with Gasteiger partial charge in [0.25, 0.3) is 7.52 Å². The standard InChI is InChI=1S/C12H29Cl2N3O2P/c1-12(2,16(13)14)8-11-20(18,19-7)15(3)9-10-17(4,5)6/h8-11H2,1-7H3/q+1. The van der Waals surface area contributed by atoms with Gasteiger partial charge in [0.1, 0.15) is 0 Å². The summed E-state index contributed by atoms with van der Waals surface area (Å²) in [5.74, 6) is 0. The molecule has 1 unspecified atom stereocenters. The number of quaternary nitrogens is 1. The first-order valence-corrected chi connectivity index (χ1v) is 9.07. The van der Waals surface area contributed by atoms with Gasteiger partial charge in [-0.25, -0.2) is 4.67 Å². The van der Waals surface area contributed by atoms with Crippen molar-refractivity contribution in [3.63, 3.8) is 0 Å². The maximum Gasteiger partial charge on any atom is 0.272 e. The first kappa shape index (κ1) is 20.6. The molecule has 0 aliphatic carbocycles. The van der Waals surface area contributed by atoms with Gasteiger partial charge < -0.3 is 9.01 Å². The Morgan fingerprint density at radius 3 is 2.10 bits per heavy atom. The molecule has 0 aliphatic rings. The number of hydrogen-bond donors (Lipinski definition) is 0. The van der Waals surface area contributed by atoms with Crippen LogP contribution in [0.3, 0.4) is 0 Å². The topological polar surface area (TPSA) is 32.8 Å². The molecule has 0 fully saturated rings. The molecule has 0 aromatic heterocycles. The minimum Gasteiger partial charge on any atom is -0.330 e. The van der Waals surface area contributed by atoms with E-state index in [-0.39, 0.29) is 0 Å². The molecule has 0 N–H and O–H groups in total. The van der Waals surface area contributed by atoms with E-state index in [2.05, 4.69) is 21.1 Å². The van der Waals surface area contributed by atoms with E-state index in [0.717, 1.165) is 15.0 Å². The number of halogens is 2. The number of nitrogens with zero attached hydrogens (tertiary/aromatic N) is 3. The van der Waals surface area contributed by atoms with Crippen LogP contribution in [0.2, 0.25) is 0 Å². The van der Waals surface area contributed by atoms with Gasteiger partial charge in [-0.3, -0.25) is 4.57 Å². The zero-order valence-corrected chi connectivity index (χ0v) is 16.1. The van der Waals surface area contributed by atoms with Crippen LogP contribution in [0.5, 0.6) is 0 Å². The molecule has 8 heteroatoms. The van der Waals surface area contributed by atoms with Crippen molar-refractivity contribution in [2.24, 2.45) is 0 Å². The second-order valence-electron chi connectivity index (χ2n) is 6.73. The highest BCUT2D eigenvalue weighted by Crippen LogP contribution is 2.50. The molecule has 5 nitrogen and oxygen atoms in total. The maximum atomic E-state index is 12.9. The summed E-state index contributed by atoms with van der Waals surface area (Å²) in [6.45, 7) is 5.41. The molecule has 0 heterocycles. The molecule has 0 aromatic rings. The number of likely N-dealkylation sites (N-methyl/N-ethyl adjacent to an activating group) is 2. The van der Waals surface area contributed by atoms with E-state index in [4.69, 9.17) is 28.1 Å². The minimum atomic E-state index is -2.83. The van der Waals surface area contributed by atoms with Crippen LogP contribution in [-0.2, 0) is 9.09 Å². The summed E-state index contributed by atoms with van der Waals surface area (Å²) in [5, 5.41) is 0. The SMILES string of the molecule is COP(=O)(CCC(C)(C)N(Cl)Cl)N(C)CC[N+](C)(C)C. The van der Waals surface area contributed by atoms with Crippen molar-refractivity contribution in [2.45, 2.75) is 25.8 Å². The van der Waals surface area contributed by atoms with Crippen molar-refractivity contribution in [3.05, 3.63) is 0 Å². The highest BCUT2D eigenvalue weighted by Gasteiger charge is 2.33. The Morgan fingerprint density at radius 2 is 1.75 bits per heavy atom. The van der Waals surface area contributed by atoms with Gasteiger partial charge in [-0.1, -0.05) is 0 Å². The molecular formula is C12H29Cl2N3O2P+. The van der Waals surface area contributed by atoms with Crippen molar-refractivity contribution >= 4 is 31.1 Å². The minimum absolute atomic E-state index is 0.417. The van der Waals surface area contributed by atoms with Crippen LogP contribution in [-0.4, -0.2) is 73.2 Å². The Bertz CT molecular complexity index is 346. The van der Waals surface area contributed by atoms with E-state index in [1.807, 2.05) is 25.6 Å². The summed E-state index contributed by atoms with van der Waals surface area (Å²) in [7, 11) is 6.81. The van der Waals surface area contributed by atoms with E-state index in [1.54, 1.807) is 0 Å². The van der Waals surface area contributed by atoms with Gasteiger partial charge in [0.05, 0.1) is 34.2 Å². The molecule has 0 bridgehead atoms. The normalized spacial score (nSPS) is 16.8. The molecular weight excluding hydrogens is 320 g/mol. The molecule has 122 valence electrons. The van der Waals surface area contributed by atoms with Crippen LogP contribution < -0.4 is 0 Å². The molecule has 0 amide bonds. The largest absolute Gasteiger partial charge is 0.330 e. The van der Waals surface area contributed by atoms with Crippen molar-refractivity contribution in [1.29, 1.82) is 0 Å². The fraction of sp³-hybridized carbons (Fsp3) is 1.00. The van der Waals surface area contributed by atoms with Crippen LogP contribution in [0.25, 0.3) is 0 Å². The summed E-state index contributed by atoms with van der Waals surface area (Å²) >= 11 is 11.6. The van der Waals surface area contributed by atoms with Gasteiger partial charge in [0.2, 0.25) is 0 Å². The number of hydrogen-bond acceptors (Lipinski definition) is 3. The predicted octanol–water partition coefficient (Wildman–Crippen LogP) is 3.24. The van der Waals surface area contributed by atoms with Crippen LogP contribution in [0, 0.1) is 0 Å². The highest BCUT2D eigenvalue weighted by molar-refractivity contribution is 7.56. The summed E-state index contributed by atoms with van der Waals surface area (Å²) in [6, 6.07) is 0. The van der Waals surface area contributed by atoms with Gasteiger partial charge >= 0.3 is 0 Å². The van der Waals surface area contributed by atoms with Crippen molar-refractivity contribution in [2.75, 3.05) is 54.6 Å². The second-order valence-corrected chi connectivity index (χ2v) is 10.4. The predicted molar refractivity (Wildman–Crippen MR) is 87.3 cm³/mol. The molecule has 0 saturated heterocycles. The van der Waals surface area contributed by atoms with Gasteiger partial charge in [0.15, 0.2) is 0 Å². The van der Waals surface area contributed by atoms with Crippen LogP contribution in [0.1, 0.15) is 20.3 Å². The molecule has 0 saturated carbocycles. The molecule has 1 atom stereocenters. The van der Waals surface area contributed by atoms with Crippen LogP contribution in [0.4, 0.5) is 0 Å². The summed E-state index contributed by atoms with van der Waals surface area (Å²) < 4.78 is 21.9. The van der Waals surface area contributed by atoms with Crippen molar-refractivity contribution in [3.8, 4) is 0 Å². The fourth-order valence-electron chi connectivity index (χ4n) is 1.50. The van der Waals surface area contributed by atoms with E-state index in [9.17, 15) is 4.57 Å². The third kappa shape index (κ3) is 7.08. The lowest BCUT2D eigenvalue weighted by Crippen LogP contribution is -2.41. The molecule has 0 aliphatic heterocycles. The lowest BCUT2D eigenvalue weighted by atomic mass is 10.0. The zero-order chi connectivity index (χ0) is 16.2. The van der Waals surface area contributed by atoms with Gasteiger partial charge in [-0.15, -0.1) is 3.94 Å². The van der Waals surface area contributed by atoms with Gasteiger partial charge in [-0.05, 0) is 50.9 Å². The Balaban J connectivity index is 4.65. The first-order chi connectivity index (χ1) is 8.84. The highest BCUT2D eigenvalue weighted by atomic mass is 35.5. The number of rotatable bonds is 9. The van der Waals surface area contributed by atoms with Gasteiger partial charge in [-0.2, -0.15) is 0 Å². The Kier molecular flexibility index (Phi) is 8.03. The molecule has 0 spiro atoms.